The molecule has 0 aromatic heterocycles. The number of ketones is 1. The average Bonchev–Trinajstić information content (AvgIpc) is 2.14. The summed E-state index contributed by atoms with van der Waals surface area (Å²) >= 11 is 0. The van der Waals surface area contributed by atoms with Crippen LogP contribution in [0.2, 0.25) is 0 Å². The van der Waals surface area contributed by atoms with Crippen LogP contribution in [0.4, 0.5) is 0 Å². The number of carbonyl (C=O) groups is 2. The molecule has 0 aromatic carbocycles. The van der Waals surface area contributed by atoms with E-state index in [0.29, 0.717) is 25.9 Å². The molecule has 0 unspecified atom stereocenters. The zero-order chi connectivity index (χ0) is 12.4. The van der Waals surface area contributed by atoms with E-state index in [9.17, 15) is 9.59 Å². The number of Topliss-reactive ketones (excluding diaryl/α,β-unsaturated/α-hetero) is 1. The van der Waals surface area contributed by atoms with Gasteiger partial charge in [-0.05, 0) is 31.6 Å². The van der Waals surface area contributed by atoms with E-state index in [1.807, 2.05) is 6.92 Å². The molecule has 0 heterocycles. The zero-order valence-electron chi connectivity index (χ0n) is 10.8. The molecule has 0 aromatic rings. The van der Waals surface area contributed by atoms with Gasteiger partial charge in [-0.25, -0.2) is 0 Å². The van der Waals surface area contributed by atoms with E-state index in [4.69, 9.17) is 4.74 Å². The highest BCUT2D eigenvalue weighted by molar-refractivity contribution is 6.05. The Kier molecular flexibility index (Phi) is 3.76. The van der Waals surface area contributed by atoms with Crippen molar-refractivity contribution >= 4 is 11.8 Å². The molecule has 0 bridgehead atoms. The van der Waals surface area contributed by atoms with Crippen LogP contribution >= 0.6 is 0 Å². The summed E-state index contributed by atoms with van der Waals surface area (Å²) in [5.74, 6) is -0.249. The maximum Gasteiger partial charge on any atom is 0.319 e. The van der Waals surface area contributed by atoms with E-state index >= 15 is 0 Å². The van der Waals surface area contributed by atoms with Gasteiger partial charge in [-0.3, -0.25) is 9.59 Å². The Balaban J connectivity index is 2.80. The van der Waals surface area contributed by atoms with E-state index < -0.39 is 5.41 Å². The number of rotatable bonds is 5. The molecule has 3 heteroatoms. The smallest absolute Gasteiger partial charge is 0.319 e. The maximum atomic E-state index is 12.1. The molecule has 0 aliphatic heterocycles. The van der Waals surface area contributed by atoms with Crippen molar-refractivity contribution in [3.05, 3.63) is 0 Å². The minimum Gasteiger partial charge on any atom is -0.465 e. The van der Waals surface area contributed by atoms with Crippen molar-refractivity contribution in [2.45, 2.75) is 53.4 Å². The van der Waals surface area contributed by atoms with Crippen LogP contribution in [0.1, 0.15) is 53.4 Å². The Hall–Kier alpha value is -0.860. The highest BCUT2D eigenvalue weighted by Crippen LogP contribution is 2.55. The summed E-state index contributed by atoms with van der Waals surface area (Å²) < 4.78 is 5.05. The van der Waals surface area contributed by atoms with Crippen molar-refractivity contribution in [2.24, 2.45) is 10.8 Å². The first kappa shape index (κ1) is 13.2. The number of carbonyl (C=O) groups excluding carboxylic acids is 2. The predicted molar refractivity (Wildman–Crippen MR) is 62.0 cm³/mol. The molecule has 1 aliphatic rings. The van der Waals surface area contributed by atoms with Crippen LogP contribution in [0.15, 0.2) is 0 Å². The summed E-state index contributed by atoms with van der Waals surface area (Å²) in [5.41, 5.74) is -0.730. The van der Waals surface area contributed by atoms with Gasteiger partial charge in [0.2, 0.25) is 0 Å². The van der Waals surface area contributed by atoms with Crippen LogP contribution in [0.25, 0.3) is 0 Å². The van der Waals surface area contributed by atoms with Crippen molar-refractivity contribution in [3.63, 3.8) is 0 Å². The molecule has 0 atom stereocenters. The molecule has 0 radical (unpaired) electrons. The molecule has 1 fully saturated rings. The van der Waals surface area contributed by atoms with Gasteiger partial charge >= 0.3 is 5.97 Å². The first-order chi connectivity index (χ1) is 7.38. The Morgan fingerprint density at radius 1 is 1.19 bits per heavy atom. The molecule has 92 valence electrons. The summed E-state index contributed by atoms with van der Waals surface area (Å²) in [7, 11) is 0. The standard InChI is InChI=1S/C13H22O3/c1-5-7-10(14)13(11(15)16-6-2)8-12(3,4)9-13/h5-9H2,1-4H3. The Labute approximate surface area is 97.5 Å². The third-order valence-corrected chi connectivity index (χ3v) is 3.24. The van der Waals surface area contributed by atoms with Crippen LogP contribution in [0, 0.1) is 10.8 Å². The first-order valence-electron chi connectivity index (χ1n) is 6.08. The maximum absolute atomic E-state index is 12.1. The zero-order valence-corrected chi connectivity index (χ0v) is 10.8. The van der Waals surface area contributed by atoms with Crippen molar-refractivity contribution < 1.29 is 14.3 Å². The second-order valence-electron chi connectivity index (χ2n) is 5.49. The largest absolute Gasteiger partial charge is 0.465 e. The minimum atomic E-state index is -0.824. The van der Waals surface area contributed by atoms with Gasteiger partial charge in [0.1, 0.15) is 11.2 Å². The summed E-state index contributed by atoms with van der Waals surface area (Å²) in [6.07, 6.45) is 2.55. The SMILES string of the molecule is CCCC(=O)C1(C(=O)OCC)CC(C)(C)C1. The van der Waals surface area contributed by atoms with Crippen molar-refractivity contribution in [1.29, 1.82) is 0 Å². The van der Waals surface area contributed by atoms with Crippen LogP contribution in [0.3, 0.4) is 0 Å². The lowest BCUT2D eigenvalue weighted by atomic mass is 9.52. The number of ether oxygens (including phenoxy) is 1. The Morgan fingerprint density at radius 3 is 2.12 bits per heavy atom. The van der Waals surface area contributed by atoms with E-state index in [0.717, 1.165) is 6.42 Å². The summed E-state index contributed by atoms with van der Waals surface area (Å²) in [6.45, 7) is 8.26. The average molecular weight is 226 g/mol. The summed E-state index contributed by atoms with van der Waals surface area (Å²) in [5, 5.41) is 0. The highest BCUT2D eigenvalue weighted by atomic mass is 16.5. The van der Waals surface area contributed by atoms with Gasteiger partial charge in [-0.15, -0.1) is 0 Å². The van der Waals surface area contributed by atoms with Crippen LogP contribution in [-0.2, 0) is 14.3 Å². The molecule has 0 amide bonds. The van der Waals surface area contributed by atoms with Crippen LogP contribution in [-0.4, -0.2) is 18.4 Å². The van der Waals surface area contributed by atoms with E-state index in [1.54, 1.807) is 6.92 Å². The van der Waals surface area contributed by atoms with Crippen LogP contribution in [0.5, 0.6) is 0 Å². The summed E-state index contributed by atoms with van der Waals surface area (Å²) in [4.78, 5) is 24.0. The van der Waals surface area contributed by atoms with Gasteiger partial charge in [0, 0.05) is 6.42 Å². The molecular weight excluding hydrogens is 204 g/mol. The van der Waals surface area contributed by atoms with Gasteiger partial charge in [0.25, 0.3) is 0 Å². The molecule has 16 heavy (non-hydrogen) atoms. The second kappa shape index (κ2) is 4.56. The fourth-order valence-corrected chi connectivity index (χ4v) is 2.77. The second-order valence-corrected chi connectivity index (χ2v) is 5.49. The fraction of sp³-hybridized carbons (Fsp3) is 0.846. The van der Waals surface area contributed by atoms with Gasteiger partial charge in [-0.1, -0.05) is 20.8 Å². The van der Waals surface area contributed by atoms with Gasteiger partial charge in [0.15, 0.2) is 0 Å². The topological polar surface area (TPSA) is 43.4 Å². The van der Waals surface area contributed by atoms with Crippen molar-refractivity contribution in [3.8, 4) is 0 Å². The highest BCUT2D eigenvalue weighted by Gasteiger charge is 2.59. The molecule has 0 saturated heterocycles. The van der Waals surface area contributed by atoms with E-state index in [2.05, 4.69) is 13.8 Å². The lowest BCUT2D eigenvalue weighted by Gasteiger charge is -2.50. The molecule has 0 spiro atoms. The van der Waals surface area contributed by atoms with Gasteiger partial charge in [0.05, 0.1) is 6.61 Å². The minimum absolute atomic E-state index is 0.0628. The Bertz CT molecular complexity index is 264. The molecule has 0 N–H and O–H groups in total. The lowest BCUT2D eigenvalue weighted by molar-refractivity contribution is -0.175. The molecule has 1 aliphatic carbocycles. The third-order valence-electron chi connectivity index (χ3n) is 3.24. The number of hydrogen-bond donors (Lipinski definition) is 0. The fourth-order valence-electron chi connectivity index (χ4n) is 2.77. The lowest BCUT2D eigenvalue weighted by Crippen LogP contribution is -2.54. The summed E-state index contributed by atoms with van der Waals surface area (Å²) in [6, 6.07) is 0. The van der Waals surface area contributed by atoms with Gasteiger partial charge in [-0.2, -0.15) is 0 Å². The van der Waals surface area contributed by atoms with E-state index in [-0.39, 0.29) is 17.2 Å². The predicted octanol–water partition coefficient (Wildman–Crippen LogP) is 2.73. The monoisotopic (exact) mass is 226 g/mol. The van der Waals surface area contributed by atoms with Crippen molar-refractivity contribution in [1.82, 2.24) is 0 Å². The quantitative estimate of drug-likeness (QED) is 0.534. The first-order valence-corrected chi connectivity index (χ1v) is 6.08. The normalized spacial score (nSPS) is 21.0. The third kappa shape index (κ3) is 2.28. The number of esters is 1. The van der Waals surface area contributed by atoms with Crippen LogP contribution < -0.4 is 0 Å². The Morgan fingerprint density at radius 2 is 1.75 bits per heavy atom. The van der Waals surface area contributed by atoms with E-state index in [1.165, 1.54) is 0 Å². The van der Waals surface area contributed by atoms with Gasteiger partial charge < -0.3 is 4.74 Å². The molecular formula is C13H22O3. The molecule has 3 nitrogen and oxygen atoms in total. The van der Waals surface area contributed by atoms with Crippen molar-refractivity contribution in [2.75, 3.05) is 6.61 Å². The molecule has 1 rings (SSSR count). The molecule has 1 saturated carbocycles. The number of hydrogen-bond acceptors (Lipinski definition) is 3.